The number of carbonyl (C=O) groups is 10. The molecule has 0 spiro atoms. The van der Waals surface area contributed by atoms with Crippen LogP contribution in [0, 0.1) is 0 Å². The number of carbonyl (C=O) groups excluding carboxylic acids is 10. The average molecular weight is 1090 g/mol. The number of benzene rings is 2. The molecular formula is C49H70ClN17O10. The number of nitrogens with one attached hydrogen (secondary N) is 9. The van der Waals surface area contributed by atoms with Crippen molar-refractivity contribution < 1.29 is 47.9 Å². The molecule has 0 saturated carbocycles. The van der Waals surface area contributed by atoms with E-state index in [1.807, 2.05) is 6.07 Å². The predicted molar refractivity (Wildman–Crippen MR) is 285 cm³/mol. The zero-order valence-electron chi connectivity index (χ0n) is 42.7. The summed E-state index contributed by atoms with van der Waals surface area (Å²) in [6.07, 6.45) is -0.144. The normalized spacial score (nSPS) is 20.8. The Kier molecular flexibility index (Phi) is 24.4. The van der Waals surface area contributed by atoms with Crippen LogP contribution in [-0.2, 0) is 60.8 Å². The third-order valence-corrected chi connectivity index (χ3v) is 12.6. The number of amides is 10. The lowest BCUT2D eigenvalue weighted by molar-refractivity contribution is -0.136. The van der Waals surface area contributed by atoms with Crippen LogP contribution in [0.1, 0.15) is 82.3 Å². The van der Waals surface area contributed by atoms with Gasteiger partial charge in [0.05, 0.1) is 0 Å². The number of para-hydroxylation sites is 1. The van der Waals surface area contributed by atoms with E-state index in [1.54, 1.807) is 48.7 Å². The summed E-state index contributed by atoms with van der Waals surface area (Å²) in [5, 5.41) is 21.9. The molecule has 1 aliphatic rings. The first kappa shape index (κ1) is 61.1. The molecule has 418 valence electrons. The molecule has 0 aliphatic carbocycles. The number of fused-ring (bicyclic) bond motifs is 1. The molecule has 1 saturated heterocycles. The molecule has 77 heavy (non-hydrogen) atoms. The molecule has 1 fully saturated rings. The average Bonchev–Trinajstić information content (AvgIpc) is 3.78. The number of nitrogens with zero attached hydrogens (tertiary/aromatic N) is 2. The molecule has 27 nitrogen and oxygen atoms in total. The zero-order chi connectivity index (χ0) is 56.6. The molecular weight excluding hydrogens is 1020 g/mol. The van der Waals surface area contributed by atoms with Gasteiger partial charge in [0.15, 0.2) is 11.9 Å². The summed E-state index contributed by atoms with van der Waals surface area (Å²) < 4.78 is 0. The maximum absolute atomic E-state index is 14.7. The fourth-order valence-corrected chi connectivity index (χ4v) is 8.47. The number of rotatable bonds is 19. The lowest BCUT2D eigenvalue weighted by Crippen LogP contribution is -2.60. The SMILES string of the molecule is CC(=O)N[C@@H](CCCN=C(N)N)C(=O)N[C@H]1CCCNC(=O)CCC(C(N)=O)NC(=O)[C@H](Cc2c[nH]c3ccccc23)NC(=O)[C@H](CCCN=C(N)N)NC(=O)[C@@H](Cc2ccccc2Cl)NC(=O)[C@H](CCC(N)=O)NC1=O. The second kappa shape index (κ2) is 30.8. The first-order chi connectivity index (χ1) is 36.6. The first-order valence-corrected chi connectivity index (χ1v) is 25.3. The van der Waals surface area contributed by atoms with E-state index < -0.39 is 114 Å². The highest BCUT2D eigenvalue weighted by molar-refractivity contribution is 6.31. The van der Waals surface area contributed by atoms with Crippen LogP contribution in [0.3, 0.4) is 0 Å². The van der Waals surface area contributed by atoms with Gasteiger partial charge >= 0.3 is 0 Å². The Morgan fingerprint density at radius 3 is 1.90 bits per heavy atom. The number of aromatic amines is 1. The van der Waals surface area contributed by atoms with Crippen molar-refractivity contribution in [3.05, 3.63) is 70.9 Å². The van der Waals surface area contributed by atoms with E-state index in [-0.39, 0.29) is 101 Å². The van der Waals surface area contributed by atoms with Crippen molar-refractivity contribution in [1.29, 1.82) is 0 Å². The summed E-state index contributed by atoms with van der Waals surface area (Å²) >= 11 is 6.56. The fraction of sp³-hybridized carbons (Fsp3) is 0.469. The molecule has 28 heteroatoms. The molecule has 7 atom stereocenters. The van der Waals surface area contributed by atoms with Crippen molar-refractivity contribution in [3.63, 3.8) is 0 Å². The van der Waals surface area contributed by atoms with Crippen LogP contribution in [0.25, 0.3) is 10.9 Å². The number of halogens is 1. The molecule has 4 rings (SSSR count). The van der Waals surface area contributed by atoms with E-state index in [2.05, 4.69) is 57.5 Å². The van der Waals surface area contributed by atoms with Crippen LogP contribution in [-0.4, -0.2) is 138 Å². The van der Waals surface area contributed by atoms with Gasteiger partial charge in [0.1, 0.15) is 42.3 Å². The van der Waals surface area contributed by atoms with Gasteiger partial charge in [0.25, 0.3) is 0 Å². The van der Waals surface area contributed by atoms with Gasteiger partial charge in [-0.3, -0.25) is 57.9 Å². The maximum atomic E-state index is 14.7. The van der Waals surface area contributed by atoms with Crippen LogP contribution in [0.2, 0.25) is 5.02 Å². The Morgan fingerprint density at radius 1 is 0.688 bits per heavy atom. The Labute approximate surface area is 448 Å². The van der Waals surface area contributed by atoms with E-state index in [9.17, 15) is 47.9 Å². The lowest BCUT2D eigenvalue weighted by atomic mass is 10.0. The second-order valence-electron chi connectivity index (χ2n) is 18.3. The summed E-state index contributed by atoms with van der Waals surface area (Å²) in [6, 6.07) is 3.52. The highest BCUT2D eigenvalue weighted by atomic mass is 35.5. The van der Waals surface area contributed by atoms with Crippen LogP contribution in [0.4, 0.5) is 0 Å². The molecule has 0 bridgehead atoms. The van der Waals surface area contributed by atoms with Crippen LogP contribution < -0.4 is 76.9 Å². The zero-order valence-corrected chi connectivity index (χ0v) is 43.4. The van der Waals surface area contributed by atoms with Gasteiger partial charge in [0, 0.05) is 74.4 Å². The molecule has 2 aromatic carbocycles. The molecule has 3 aromatic rings. The van der Waals surface area contributed by atoms with Gasteiger partial charge in [0.2, 0.25) is 59.1 Å². The molecule has 1 aromatic heterocycles. The Morgan fingerprint density at radius 2 is 1.26 bits per heavy atom. The van der Waals surface area contributed by atoms with Gasteiger partial charge < -0.3 is 81.9 Å². The van der Waals surface area contributed by atoms with E-state index in [1.165, 1.54) is 6.92 Å². The predicted octanol–water partition coefficient (Wildman–Crippen LogP) is -3.43. The standard InChI is InChI=1S/C49H70ClN17O10/c1-26(68)61-33(13-7-21-58-48(53)54)42(72)63-34-14-6-20-57-40(70)19-17-32(41(52)71)62-46(76)38(24-28-25-60-31-12-5-3-10-29(28)31)67-44(74)35(15-8-22-59-49(55)56)64-47(77)37(23-27-9-2-4-11-30(27)50)66-45(75)36(65-43(34)73)16-18-39(51)69/h2-5,9-12,25,32-38,60H,6-8,13-24H2,1H3,(H2,51,69)(H2,52,71)(H,57,70)(H,61,68)(H,62,76)(H,63,72)(H,64,77)(H,65,73)(H,66,75)(H,67,74)(H4,53,54,58)(H4,55,56,59)/t32?,33-,34-,35-,36-,37+,38-/m0/s1. The topological polar surface area (TPSA) is 464 Å². The van der Waals surface area contributed by atoms with E-state index in [0.717, 1.165) is 10.9 Å². The number of hydrogen-bond donors (Lipinski definition) is 15. The van der Waals surface area contributed by atoms with Crippen molar-refractivity contribution in [2.45, 2.75) is 126 Å². The minimum atomic E-state index is -1.59. The highest BCUT2D eigenvalue weighted by Gasteiger charge is 2.35. The third kappa shape index (κ3) is 21.0. The van der Waals surface area contributed by atoms with Gasteiger partial charge in [-0.15, -0.1) is 0 Å². The monoisotopic (exact) mass is 1090 g/mol. The van der Waals surface area contributed by atoms with Crippen molar-refractivity contribution >= 4 is 93.5 Å². The Balaban J connectivity index is 1.80. The van der Waals surface area contributed by atoms with Gasteiger partial charge in [-0.2, -0.15) is 0 Å². The summed E-state index contributed by atoms with van der Waals surface area (Å²) in [5.41, 5.74) is 34.9. The smallest absolute Gasteiger partial charge is 0.243 e. The maximum Gasteiger partial charge on any atom is 0.243 e. The summed E-state index contributed by atoms with van der Waals surface area (Å²) in [6.45, 7) is 1.21. The molecule has 1 unspecified atom stereocenters. The van der Waals surface area contributed by atoms with Crippen molar-refractivity contribution in [2.75, 3.05) is 19.6 Å². The minimum Gasteiger partial charge on any atom is -0.370 e. The Hall–Kier alpha value is -8.49. The van der Waals surface area contributed by atoms with Crippen LogP contribution >= 0.6 is 11.6 Å². The van der Waals surface area contributed by atoms with Crippen LogP contribution in [0.15, 0.2) is 64.7 Å². The largest absolute Gasteiger partial charge is 0.370 e. The molecule has 21 N–H and O–H groups in total. The van der Waals surface area contributed by atoms with Crippen molar-refractivity contribution in [1.82, 2.24) is 47.5 Å². The fourth-order valence-electron chi connectivity index (χ4n) is 8.25. The minimum absolute atomic E-state index is 0.00487. The number of aliphatic imine (C=N–C) groups is 2. The van der Waals surface area contributed by atoms with E-state index in [0.29, 0.717) is 11.1 Å². The number of aromatic nitrogens is 1. The first-order valence-electron chi connectivity index (χ1n) is 24.9. The number of hydrogen-bond acceptors (Lipinski definition) is 12. The molecule has 1 aliphatic heterocycles. The number of H-pyrrole nitrogens is 1. The Bertz CT molecular complexity index is 2650. The van der Waals surface area contributed by atoms with Crippen molar-refractivity contribution in [2.24, 2.45) is 44.4 Å². The quantitative estimate of drug-likeness (QED) is 0.0316. The summed E-state index contributed by atoms with van der Waals surface area (Å²) in [4.78, 5) is 148. The summed E-state index contributed by atoms with van der Waals surface area (Å²) in [7, 11) is 0. The second-order valence-corrected chi connectivity index (χ2v) is 18.7. The third-order valence-electron chi connectivity index (χ3n) is 12.2. The molecule has 2 heterocycles. The molecule has 10 amide bonds. The summed E-state index contributed by atoms with van der Waals surface area (Å²) in [5.74, 6) is -8.84. The van der Waals surface area contributed by atoms with Gasteiger partial charge in [-0.25, -0.2) is 0 Å². The van der Waals surface area contributed by atoms with Gasteiger partial charge in [-0.1, -0.05) is 48.0 Å². The number of nitrogens with two attached hydrogens (primary N) is 6. The van der Waals surface area contributed by atoms with Crippen LogP contribution in [0.5, 0.6) is 0 Å². The number of primary amides is 2. The highest BCUT2D eigenvalue weighted by Crippen LogP contribution is 2.21. The van der Waals surface area contributed by atoms with Gasteiger partial charge in [-0.05, 0) is 74.6 Å². The van der Waals surface area contributed by atoms with Crippen molar-refractivity contribution in [3.8, 4) is 0 Å². The van der Waals surface area contributed by atoms with E-state index in [4.69, 9.17) is 46.0 Å². The van der Waals surface area contributed by atoms with E-state index >= 15 is 0 Å². The number of guanidine groups is 2. The lowest BCUT2D eigenvalue weighted by Gasteiger charge is -2.28. The molecule has 0 radical (unpaired) electrons.